The monoisotopic (exact) mass is 1040 g/mol. The first-order valence-corrected chi connectivity index (χ1v) is 22.0. The summed E-state index contributed by atoms with van der Waals surface area (Å²) in [6.07, 6.45) is -9.60. The maximum absolute atomic E-state index is 12.9. The van der Waals surface area contributed by atoms with Crippen LogP contribution < -0.4 is 147 Å². The van der Waals surface area contributed by atoms with Gasteiger partial charge in [-0.15, -0.1) is 0 Å². The quantitative estimate of drug-likeness (QED) is 0.0707. The van der Waals surface area contributed by atoms with E-state index in [0.717, 1.165) is 11.6 Å². The fraction of sp³-hybridized carbons (Fsp3) is 0.500. The van der Waals surface area contributed by atoms with Crippen LogP contribution >= 0.6 is 15.6 Å². The minimum absolute atomic E-state index is 0. The second kappa shape index (κ2) is 21.5. The fourth-order valence-corrected chi connectivity index (χ4v) is 9.59. The van der Waals surface area contributed by atoms with Crippen molar-refractivity contribution in [1.29, 1.82) is 0 Å². The Morgan fingerprint density at radius 2 is 1.10 bits per heavy atom. The number of aromatic nitrogens is 2. The zero-order valence-corrected chi connectivity index (χ0v) is 49.6. The number of rotatable bonds is 8. The van der Waals surface area contributed by atoms with Gasteiger partial charge in [0.05, 0.1) is 13.2 Å². The van der Waals surface area contributed by atoms with Gasteiger partial charge in [-0.3, -0.25) is 0 Å². The van der Waals surface area contributed by atoms with Crippen LogP contribution in [0.3, 0.4) is 0 Å². The van der Waals surface area contributed by atoms with Crippen molar-refractivity contribution >= 4 is 21.4 Å². The summed E-state index contributed by atoms with van der Waals surface area (Å²) < 4.78 is 130. The Balaban J connectivity index is 0.000000442. The summed E-state index contributed by atoms with van der Waals surface area (Å²) in [6.45, 7) is 20.2. The third-order valence-electron chi connectivity index (χ3n) is 10.8. The number of phosphoric ester groups is 2. The van der Waals surface area contributed by atoms with Crippen molar-refractivity contribution in [3.05, 3.63) is 76.8 Å². The second-order valence-corrected chi connectivity index (χ2v) is 20.8. The number of hydrogen-bond acceptors (Lipinski definition) is 16. The molecule has 5 heterocycles. The molecule has 0 N–H and O–H groups in total. The molecule has 0 amide bonds. The molecule has 4 aromatic rings. The van der Waals surface area contributed by atoms with Crippen LogP contribution in [0.25, 0.3) is 28.3 Å². The van der Waals surface area contributed by atoms with Crippen molar-refractivity contribution in [3.63, 3.8) is 0 Å². The topological polar surface area (TPSA) is 234 Å². The van der Waals surface area contributed by atoms with Crippen LogP contribution in [0, 0.1) is 21.7 Å². The molecule has 16 nitrogen and oxygen atoms in total. The number of halogens is 6. The third kappa shape index (κ3) is 12.8. The minimum Gasteiger partial charge on any atom is -0.780 e. The van der Waals surface area contributed by atoms with Crippen LogP contribution in [-0.4, -0.2) is 29.1 Å². The van der Waals surface area contributed by atoms with E-state index in [1.54, 1.807) is 0 Å². The van der Waals surface area contributed by atoms with E-state index in [0.29, 0.717) is 30.1 Å². The SMILES string of the molecule is CC(C)(C)C12OOC1(c1ccc(-c3cc(C(F)(F)F)on3)c(OP(=O)([O-])[O-])c1)OCC2(C)C.CC(C)(C)C1=C(c2ccc(-c3cc(C(F)(F)F)on3)c(OP(=O)([O-])[O-])c2)OCC1(C)C.[Na+].[Na+].[Na+].[Na+]. The van der Waals surface area contributed by atoms with Crippen molar-refractivity contribution in [3.8, 4) is 34.0 Å². The number of hydrogen-bond donors (Lipinski definition) is 0. The first kappa shape index (κ1) is 63.9. The van der Waals surface area contributed by atoms with E-state index in [2.05, 4.69) is 28.4 Å². The molecule has 0 spiro atoms. The van der Waals surface area contributed by atoms with Crippen molar-refractivity contribution in [2.75, 3.05) is 13.2 Å². The van der Waals surface area contributed by atoms with Gasteiger partial charge in [-0.2, -0.15) is 31.2 Å². The Morgan fingerprint density at radius 3 is 1.49 bits per heavy atom. The van der Waals surface area contributed by atoms with Crippen LogP contribution in [0.4, 0.5) is 26.3 Å². The van der Waals surface area contributed by atoms with E-state index in [9.17, 15) is 55.0 Å². The van der Waals surface area contributed by atoms with Gasteiger partial charge in [-0.25, -0.2) is 4.89 Å². The first-order valence-electron chi connectivity index (χ1n) is 19.1. The summed E-state index contributed by atoms with van der Waals surface area (Å²) in [5.41, 5.74) is -2.16. The summed E-state index contributed by atoms with van der Waals surface area (Å²) >= 11 is 0. The van der Waals surface area contributed by atoms with Crippen molar-refractivity contribution in [2.45, 2.75) is 93.0 Å². The van der Waals surface area contributed by atoms with Gasteiger partial charge in [-0.05, 0) is 35.3 Å². The number of phosphoric acid groups is 2. The average Bonchev–Trinajstić information content (AvgIpc) is 3.87. The molecule has 68 heavy (non-hydrogen) atoms. The molecule has 2 saturated heterocycles. The van der Waals surface area contributed by atoms with E-state index >= 15 is 0 Å². The molecule has 3 aliphatic heterocycles. The predicted octanol–water partition coefficient (Wildman–Crippen LogP) is -4.08. The number of alkyl halides is 6. The van der Waals surface area contributed by atoms with Crippen LogP contribution in [0.15, 0.2) is 63.2 Å². The molecule has 0 saturated carbocycles. The Bertz CT molecular complexity index is 2580. The van der Waals surface area contributed by atoms with Gasteiger partial charge in [0.25, 0.3) is 5.79 Å². The van der Waals surface area contributed by atoms with Gasteiger partial charge in [-0.1, -0.05) is 91.7 Å². The Kier molecular flexibility index (Phi) is 20.2. The zero-order valence-electron chi connectivity index (χ0n) is 39.8. The van der Waals surface area contributed by atoms with E-state index in [1.807, 2.05) is 69.2 Å². The van der Waals surface area contributed by atoms with Crippen LogP contribution in [-0.2, 0) is 46.5 Å². The molecule has 3 aliphatic rings. The minimum atomic E-state index is -5.60. The normalized spacial score (nSPS) is 21.0. The molecular weight excluding hydrogens is 1000 g/mol. The third-order valence-corrected chi connectivity index (χ3v) is 11.6. The number of ether oxygens (including phenoxy) is 2. The summed E-state index contributed by atoms with van der Waals surface area (Å²) in [7, 11) is -11.1. The summed E-state index contributed by atoms with van der Waals surface area (Å²) in [5.74, 6) is -4.78. The van der Waals surface area contributed by atoms with Crippen LogP contribution in [0.1, 0.15) is 91.9 Å². The largest absolute Gasteiger partial charge is 1.00 e. The van der Waals surface area contributed by atoms with E-state index in [-0.39, 0.29) is 164 Å². The molecule has 2 aromatic heterocycles. The molecule has 2 unspecified atom stereocenters. The standard InChI is InChI=1S/C20H23F3NO8P.C20H23F3NO6P.4Na/c1-16(2,3)20-17(4,5)10-28-18(20,31-32-20)11-6-7-12(14(8-11)30-33(25,26)27)13-9-15(29-24-13)19(21,22)23;1-18(2,3)17-16(28-10-19(17,4)5)11-6-7-12(14(8-11)30-31(25,26)27)13-9-15(29-24-13)20(21,22)23;;;;/h6-9H,10H2,1-5H3,(H2,25,26,27);6-9H,10H2,1-5H3,(H2,25,26,27);;;;/q;;4*+1/p-4. The van der Waals surface area contributed by atoms with E-state index in [4.69, 9.17) is 19.2 Å². The van der Waals surface area contributed by atoms with E-state index < -0.39 is 73.2 Å². The summed E-state index contributed by atoms with van der Waals surface area (Å²) in [5, 5.41) is 6.67. The molecule has 28 heteroatoms. The first-order chi connectivity index (χ1) is 28.9. The van der Waals surface area contributed by atoms with Gasteiger partial charge in [0.1, 0.15) is 44.3 Å². The molecule has 2 atom stereocenters. The van der Waals surface area contributed by atoms with Crippen LogP contribution in [0.2, 0.25) is 0 Å². The predicted molar refractivity (Wildman–Crippen MR) is 202 cm³/mol. The molecule has 2 aromatic carbocycles. The average molecular weight is 1040 g/mol. The Labute approximate surface area is 475 Å². The Hall–Kier alpha value is -0.240. The molecule has 352 valence electrons. The maximum Gasteiger partial charge on any atom is 1.00 e. The summed E-state index contributed by atoms with van der Waals surface area (Å²) in [4.78, 5) is 56.6. The molecule has 2 fully saturated rings. The number of nitrogens with zero attached hydrogens (tertiary/aromatic N) is 2. The van der Waals surface area contributed by atoms with Crippen molar-refractivity contribution in [2.24, 2.45) is 21.7 Å². The van der Waals surface area contributed by atoms with Gasteiger partial charge >= 0.3 is 131 Å². The summed E-state index contributed by atoms with van der Waals surface area (Å²) in [6, 6.07) is 9.10. The molecule has 0 aliphatic carbocycles. The zero-order chi connectivity index (χ0) is 48.1. The molecular formula is C40H42F6N2Na4O14P2. The molecule has 0 radical (unpaired) electrons. The van der Waals surface area contributed by atoms with Crippen molar-refractivity contribution in [1.82, 2.24) is 10.3 Å². The van der Waals surface area contributed by atoms with E-state index in [1.165, 1.54) is 30.3 Å². The Morgan fingerprint density at radius 1 is 0.647 bits per heavy atom. The van der Waals surface area contributed by atoms with Gasteiger partial charge in [0.15, 0.2) is 5.60 Å². The molecule has 7 rings (SSSR count). The van der Waals surface area contributed by atoms with Gasteiger partial charge in [0.2, 0.25) is 11.5 Å². The van der Waals surface area contributed by atoms with Crippen molar-refractivity contribution < 1.29 is 211 Å². The van der Waals surface area contributed by atoms with Gasteiger partial charge in [0, 0.05) is 50.6 Å². The fourth-order valence-electron chi connectivity index (χ4n) is 8.80. The van der Waals surface area contributed by atoms with Crippen LogP contribution in [0.5, 0.6) is 11.5 Å². The molecule has 0 bridgehead atoms. The number of fused-ring (bicyclic) bond motifs is 1. The number of benzene rings is 2. The van der Waals surface area contributed by atoms with Gasteiger partial charge < -0.3 is 56.3 Å². The smallest absolute Gasteiger partial charge is 0.780 e. The maximum atomic E-state index is 12.9. The second-order valence-electron chi connectivity index (χ2n) is 18.7.